The first-order chi connectivity index (χ1) is 9.65. The molecule has 3 nitrogen and oxygen atoms in total. The van der Waals surface area contributed by atoms with Crippen LogP contribution in [0.1, 0.15) is 29.1 Å². The van der Waals surface area contributed by atoms with Crippen molar-refractivity contribution in [3.05, 3.63) is 52.7 Å². The molecule has 4 heteroatoms. The Balaban J connectivity index is 1.72. The molecule has 0 aliphatic rings. The molecular weight excluding hydrogens is 266 g/mol. The summed E-state index contributed by atoms with van der Waals surface area (Å²) >= 11 is 1.87. The molecule has 0 aliphatic heterocycles. The van der Waals surface area contributed by atoms with Gasteiger partial charge in [0, 0.05) is 40.5 Å². The van der Waals surface area contributed by atoms with Gasteiger partial charge in [0.15, 0.2) is 0 Å². The molecule has 2 aromatic heterocycles. The van der Waals surface area contributed by atoms with Gasteiger partial charge in [-0.2, -0.15) is 5.10 Å². The molecule has 3 rings (SSSR count). The van der Waals surface area contributed by atoms with E-state index >= 15 is 0 Å². The molecule has 0 bridgehead atoms. The molecule has 0 aliphatic carbocycles. The largest absolute Gasteiger partial charge is 0.305 e. The zero-order valence-corrected chi connectivity index (χ0v) is 12.9. The van der Waals surface area contributed by atoms with Gasteiger partial charge in [-0.3, -0.25) is 4.68 Å². The van der Waals surface area contributed by atoms with E-state index in [4.69, 9.17) is 0 Å². The van der Waals surface area contributed by atoms with Gasteiger partial charge in [0.25, 0.3) is 0 Å². The Morgan fingerprint density at radius 2 is 2.15 bits per heavy atom. The normalized spacial score (nSPS) is 12.9. The molecule has 2 heterocycles. The molecular formula is C16H19N3S. The van der Waals surface area contributed by atoms with Crippen molar-refractivity contribution >= 4 is 21.4 Å². The molecule has 1 atom stereocenters. The number of hydrogen-bond donors (Lipinski definition) is 1. The third-order valence-corrected chi connectivity index (χ3v) is 5.11. The van der Waals surface area contributed by atoms with Crippen LogP contribution in [0.3, 0.4) is 0 Å². The van der Waals surface area contributed by atoms with E-state index in [-0.39, 0.29) is 0 Å². The molecule has 0 saturated heterocycles. The first-order valence-corrected chi connectivity index (χ1v) is 7.66. The predicted octanol–water partition coefficient (Wildman–Crippen LogP) is 3.79. The third kappa shape index (κ3) is 2.49. The minimum atomic E-state index is 0.354. The van der Waals surface area contributed by atoms with E-state index in [1.165, 1.54) is 26.2 Å². The van der Waals surface area contributed by atoms with Gasteiger partial charge in [0.1, 0.15) is 0 Å². The number of thiophene rings is 1. The predicted molar refractivity (Wildman–Crippen MR) is 85.0 cm³/mol. The van der Waals surface area contributed by atoms with Crippen molar-refractivity contribution in [2.75, 3.05) is 0 Å². The van der Waals surface area contributed by atoms with Crippen molar-refractivity contribution < 1.29 is 0 Å². The fourth-order valence-electron chi connectivity index (χ4n) is 2.30. The lowest BCUT2D eigenvalue weighted by molar-refractivity contribution is 0.581. The summed E-state index contributed by atoms with van der Waals surface area (Å²) in [6, 6.07) is 11.2. The van der Waals surface area contributed by atoms with E-state index in [0.717, 1.165) is 6.54 Å². The number of aromatic nitrogens is 2. The van der Waals surface area contributed by atoms with E-state index in [9.17, 15) is 0 Å². The number of benzene rings is 1. The molecule has 0 radical (unpaired) electrons. The Morgan fingerprint density at radius 3 is 2.85 bits per heavy atom. The summed E-state index contributed by atoms with van der Waals surface area (Å²) in [5.41, 5.74) is 2.49. The van der Waals surface area contributed by atoms with E-state index in [1.54, 1.807) is 0 Å². The van der Waals surface area contributed by atoms with Crippen molar-refractivity contribution in [2.45, 2.75) is 26.4 Å². The molecule has 1 aromatic carbocycles. The van der Waals surface area contributed by atoms with Gasteiger partial charge >= 0.3 is 0 Å². The van der Waals surface area contributed by atoms with E-state index < -0.39 is 0 Å². The second-order valence-electron chi connectivity index (χ2n) is 5.17. The van der Waals surface area contributed by atoms with Crippen molar-refractivity contribution in [1.82, 2.24) is 15.1 Å². The third-order valence-electron chi connectivity index (χ3n) is 3.81. The van der Waals surface area contributed by atoms with Crippen LogP contribution in [-0.2, 0) is 13.6 Å². The highest BCUT2D eigenvalue weighted by molar-refractivity contribution is 7.19. The lowest BCUT2D eigenvalue weighted by Gasteiger charge is -2.11. The van der Waals surface area contributed by atoms with Gasteiger partial charge < -0.3 is 5.32 Å². The molecule has 0 saturated carbocycles. The molecule has 0 fully saturated rings. The number of aryl methyl sites for hydroxylation is 1. The molecule has 0 spiro atoms. The smallest absolute Gasteiger partial charge is 0.0537 e. The lowest BCUT2D eigenvalue weighted by Crippen LogP contribution is -2.17. The average molecular weight is 285 g/mol. The topological polar surface area (TPSA) is 29.9 Å². The van der Waals surface area contributed by atoms with Crippen LogP contribution in [0.4, 0.5) is 0 Å². The highest BCUT2D eigenvalue weighted by Crippen LogP contribution is 2.29. The Kier molecular flexibility index (Phi) is 3.59. The van der Waals surface area contributed by atoms with Crippen molar-refractivity contribution in [3.8, 4) is 0 Å². The number of rotatable bonds is 4. The summed E-state index contributed by atoms with van der Waals surface area (Å²) < 4.78 is 3.27. The second kappa shape index (κ2) is 5.38. The molecule has 20 heavy (non-hydrogen) atoms. The Bertz CT molecular complexity index is 693. The fourth-order valence-corrected chi connectivity index (χ4v) is 3.39. The number of nitrogens with one attached hydrogen (secondary N) is 1. The maximum Gasteiger partial charge on any atom is 0.0537 e. The van der Waals surface area contributed by atoms with Crippen LogP contribution in [0.5, 0.6) is 0 Å². The number of nitrogens with zero attached hydrogens (tertiary/aromatic N) is 2. The zero-order valence-electron chi connectivity index (χ0n) is 12.1. The zero-order chi connectivity index (χ0) is 14.1. The highest BCUT2D eigenvalue weighted by atomic mass is 32.1. The minimum absolute atomic E-state index is 0.354. The monoisotopic (exact) mass is 285 g/mol. The van der Waals surface area contributed by atoms with E-state index in [0.29, 0.717) is 6.04 Å². The first kappa shape index (κ1) is 13.3. The summed E-state index contributed by atoms with van der Waals surface area (Å²) in [6.45, 7) is 5.18. The molecule has 1 N–H and O–H groups in total. The van der Waals surface area contributed by atoms with Crippen molar-refractivity contribution in [3.63, 3.8) is 0 Å². The van der Waals surface area contributed by atoms with Gasteiger partial charge in [-0.1, -0.05) is 18.2 Å². The van der Waals surface area contributed by atoms with Gasteiger partial charge in [-0.05, 0) is 31.4 Å². The quantitative estimate of drug-likeness (QED) is 0.790. The average Bonchev–Trinajstić information content (AvgIpc) is 3.02. The van der Waals surface area contributed by atoms with Gasteiger partial charge in [-0.15, -0.1) is 11.3 Å². The summed E-state index contributed by atoms with van der Waals surface area (Å²) in [5.74, 6) is 0. The SMILES string of the molecule is Cc1c(CNC(C)c2cc3ccccc3s2)cnn1C. The van der Waals surface area contributed by atoms with E-state index in [2.05, 4.69) is 54.6 Å². The molecule has 1 unspecified atom stereocenters. The van der Waals surface area contributed by atoms with E-state index in [1.807, 2.05) is 29.3 Å². The first-order valence-electron chi connectivity index (χ1n) is 6.84. The lowest BCUT2D eigenvalue weighted by atomic mass is 10.2. The summed E-state index contributed by atoms with van der Waals surface area (Å²) in [4.78, 5) is 1.38. The van der Waals surface area contributed by atoms with Crippen molar-refractivity contribution in [2.24, 2.45) is 7.05 Å². The van der Waals surface area contributed by atoms with Crippen LogP contribution >= 0.6 is 11.3 Å². The standard InChI is InChI=1S/C16H19N3S/c1-11(17-9-14-10-18-19(3)12(14)2)16-8-13-6-4-5-7-15(13)20-16/h4-8,10-11,17H,9H2,1-3H3. The van der Waals surface area contributed by atoms with Crippen LogP contribution in [0.15, 0.2) is 36.5 Å². The van der Waals surface area contributed by atoms with Crippen LogP contribution in [-0.4, -0.2) is 9.78 Å². The highest BCUT2D eigenvalue weighted by Gasteiger charge is 2.10. The second-order valence-corrected chi connectivity index (χ2v) is 6.28. The summed E-state index contributed by atoms with van der Waals surface area (Å²) in [6.07, 6.45) is 1.94. The minimum Gasteiger partial charge on any atom is -0.305 e. The maximum absolute atomic E-state index is 4.28. The van der Waals surface area contributed by atoms with Gasteiger partial charge in [0.05, 0.1) is 6.20 Å². The Morgan fingerprint density at radius 1 is 1.35 bits per heavy atom. The Hall–Kier alpha value is -1.65. The van der Waals surface area contributed by atoms with Crippen LogP contribution in [0.2, 0.25) is 0 Å². The summed E-state index contributed by atoms with van der Waals surface area (Å²) in [7, 11) is 1.98. The Labute approximate surface area is 123 Å². The molecule has 0 amide bonds. The maximum atomic E-state index is 4.28. The number of fused-ring (bicyclic) bond motifs is 1. The number of hydrogen-bond acceptors (Lipinski definition) is 3. The van der Waals surface area contributed by atoms with Gasteiger partial charge in [0.2, 0.25) is 0 Å². The van der Waals surface area contributed by atoms with Gasteiger partial charge in [-0.25, -0.2) is 0 Å². The summed E-state index contributed by atoms with van der Waals surface area (Å²) in [5, 5.41) is 9.20. The van der Waals surface area contributed by atoms with Crippen LogP contribution in [0, 0.1) is 6.92 Å². The molecule has 104 valence electrons. The fraction of sp³-hybridized carbons (Fsp3) is 0.312. The molecule has 3 aromatic rings. The van der Waals surface area contributed by atoms with Crippen molar-refractivity contribution in [1.29, 1.82) is 0 Å². The van der Waals surface area contributed by atoms with Crippen LogP contribution in [0.25, 0.3) is 10.1 Å². The van der Waals surface area contributed by atoms with Crippen LogP contribution < -0.4 is 5.32 Å².